The van der Waals surface area contributed by atoms with Crippen LogP contribution < -0.4 is 5.43 Å². The molecule has 6 nitrogen and oxygen atoms in total. The molecule has 1 amide bonds. The lowest BCUT2D eigenvalue weighted by molar-refractivity contribution is 0.0950. The molecule has 0 saturated heterocycles. The van der Waals surface area contributed by atoms with E-state index in [4.69, 9.17) is 0 Å². The molecule has 2 heterocycles. The van der Waals surface area contributed by atoms with Crippen LogP contribution >= 0.6 is 0 Å². The second-order valence-corrected chi connectivity index (χ2v) is 5.05. The number of halogens is 1. The van der Waals surface area contributed by atoms with E-state index in [0.29, 0.717) is 17.0 Å². The Kier molecular flexibility index (Phi) is 4.42. The lowest BCUT2D eigenvalue weighted by atomic mass is 10.1. The molecule has 3 rings (SSSR count). The van der Waals surface area contributed by atoms with Crippen LogP contribution in [0.25, 0.3) is 11.3 Å². The van der Waals surface area contributed by atoms with Crippen molar-refractivity contribution < 1.29 is 9.18 Å². The third kappa shape index (κ3) is 3.52. The molecule has 0 unspecified atom stereocenters. The van der Waals surface area contributed by atoms with Gasteiger partial charge in [-0.15, -0.1) is 0 Å². The van der Waals surface area contributed by atoms with Gasteiger partial charge in [-0.3, -0.25) is 14.9 Å². The molecule has 0 aliphatic carbocycles. The third-order valence-electron chi connectivity index (χ3n) is 3.37. The SMILES string of the molecule is CC(=NNC(=O)c1cc(-c2ccc(F)cc2)n[nH]1)c1cccnc1. The molecule has 1 aromatic carbocycles. The van der Waals surface area contributed by atoms with Crippen LogP contribution in [0.4, 0.5) is 4.39 Å². The predicted octanol–water partition coefficient (Wildman–Crippen LogP) is 2.76. The molecule has 2 N–H and O–H groups in total. The summed E-state index contributed by atoms with van der Waals surface area (Å²) in [7, 11) is 0. The van der Waals surface area contributed by atoms with Gasteiger partial charge in [0.15, 0.2) is 0 Å². The molecule has 0 spiro atoms. The molecule has 0 fully saturated rings. The normalized spacial score (nSPS) is 11.3. The van der Waals surface area contributed by atoms with Gasteiger partial charge >= 0.3 is 0 Å². The molecule has 3 aromatic rings. The Morgan fingerprint density at radius 1 is 1.25 bits per heavy atom. The van der Waals surface area contributed by atoms with Gasteiger partial charge in [-0.05, 0) is 43.3 Å². The summed E-state index contributed by atoms with van der Waals surface area (Å²) in [4.78, 5) is 16.1. The van der Waals surface area contributed by atoms with Gasteiger partial charge in [-0.2, -0.15) is 10.2 Å². The van der Waals surface area contributed by atoms with Crippen molar-refractivity contribution >= 4 is 11.6 Å². The van der Waals surface area contributed by atoms with E-state index < -0.39 is 5.91 Å². The van der Waals surface area contributed by atoms with Gasteiger partial charge in [0.2, 0.25) is 0 Å². The maximum atomic E-state index is 12.9. The van der Waals surface area contributed by atoms with Gasteiger partial charge in [0.25, 0.3) is 5.91 Å². The molecule has 0 radical (unpaired) electrons. The molecule has 0 bridgehead atoms. The zero-order valence-electron chi connectivity index (χ0n) is 12.8. The summed E-state index contributed by atoms with van der Waals surface area (Å²) in [5.74, 6) is -0.744. The standard InChI is InChI=1S/C17H14FN5O/c1-11(13-3-2-8-19-10-13)20-23-17(24)16-9-15(21-22-16)12-4-6-14(18)7-5-12/h2-10H,1H3,(H,21,22)(H,23,24). The number of amides is 1. The molecule has 0 aliphatic heterocycles. The highest BCUT2D eigenvalue weighted by Gasteiger charge is 2.11. The Morgan fingerprint density at radius 2 is 2.04 bits per heavy atom. The van der Waals surface area contributed by atoms with E-state index in [9.17, 15) is 9.18 Å². The van der Waals surface area contributed by atoms with E-state index in [2.05, 4.69) is 25.7 Å². The Balaban J connectivity index is 1.71. The lowest BCUT2D eigenvalue weighted by Crippen LogP contribution is -2.19. The summed E-state index contributed by atoms with van der Waals surface area (Å²) in [6.45, 7) is 1.77. The van der Waals surface area contributed by atoms with Crippen LogP contribution in [-0.4, -0.2) is 26.8 Å². The Bertz CT molecular complexity index is 872. The molecule has 7 heteroatoms. The number of rotatable bonds is 4. The van der Waals surface area contributed by atoms with Crippen molar-refractivity contribution in [3.05, 3.63) is 71.9 Å². The van der Waals surface area contributed by atoms with Gasteiger partial charge < -0.3 is 0 Å². The maximum Gasteiger partial charge on any atom is 0.289 e. The Labute approximate surface area is 137 Å². The van der Waals surface area contributed by atoms with E-state index in [1.165, 1.54) is 12.1 Å². The zero-order chi connectivity index (χ0) is 16.9. The van der Waals surface area contributed by atoms with E-state index in [0.717, 1.165) is 5.56 Å². The van der Waals surface area contributed by atoms with E-state index in [-0.39, 0.29) is 11.5 Å². The number of nitrogens with one attached hydrogen (secondary N) is 2. The molecule has 0 saturated carbocycles. The highest BCUT2D eigenvalue weighted by atomic mass is 19.1. The fraction of sp³-hybridized carbons (Fsp3) is 0.0588. The third-order valence-corrected chi connectivity index (χ3v) is 3.37. The number of hydrogen-bond donors (Lipinski definition) is 2. The molecular weight excluding hydrogens is 309 g/mol. The monoisotopic (exact) mass is 323 g/mol. The molecule has 0 aliphatic rings. The number of nitrogens with zero attached hydrogens (tertiary/aromatic N) is 3. The van der Waals surface area contributed by atoms with Crippen LogP contribution in [-0.2, 0) is 0 Å². The number of pyridine rings is 1. The van der Waals surface area contributed by atoms with Crippen LogP contribution in [0.5, 0.6) is 0 Å². The van der Waals surface area contributed by atoms with Crippen molar-refractivity contribution in [3.63, 3.8) is 0 Å². The van der Waals surface area contributed by atoms with Gasteiger partial charge in [0.05, 0.1) is 11.4 Å². The van der Waals surface area contributed by atoms with Gasteiger partial charge in [-0.25, -0.2) is 9.82 Å². The van der Waals surface area contributed by atoms with Crippen molar-refractivity contribution in [2.24, 2.45) is 5.10 Å². The number of carbonyl (C=O) groups is 1. The minimum Gasteiger partial charge on any atom is -0.272 e. The smallest absolute Gasteiger partial charge is 0.272 e. The molecule has 120 valence electrons. The van der Waals surface area contributed by atoms with Crippen LogP contribution in [0.2, 0.25) is 0 Å². The first kappa shape index (κ1) is 15.5. The second-order valence-electron chi connectivity index (χ2n) is 5.05. The van der Waals surface area contributed by atoms with Crippen molar-refractivity contribution in [2.45, 2.75) is 6.92 Å². The van der Waals surface area contributed by atoms with Gasteiger partial charge in [0.1, 0.15) is 11.5 Å². The minimum atomic E-state index is -0.417. The van der Waals surface area contributed by atoms with E-state index >= 15 is 0 Å². The van der Waals surface area contributed by atoms with Crippen molar-refractivity contribution in [1.82, 2.24) is 20.6 Å². The summed E-state index contributed by atoms with van der Waals surface area (Å²) >= 11 is 0. The Morgan fingerprint density at radius 3 is 2.75 bits per heavy atom. The number of benzene rings is 1. The summed E-state index contributed by atoms with van der Waals surface area (Å²) < 4.78 is 12.9. The predicted molar refractivity (Wildman–Crippen MR) is 87.9 cm³/mol. The lowest BCUT2D eigenvalue weighted by Gasteiger charge is -2.00. The van der Waals surface area contributed by atoms with Crippen molar-refractivity contribution in [2.75, 3.05) is 0 Å². The highest BCUT2D eigenvalue weighted by Crippen LogP contribution is 2.17. The number of aromatic amines is 1. The van der Waals surface area contributed by atoms with Crippen molar-refractivity contribution in [3.8, 4) is 11.3 Å². The quantitative estimate of drug-likeness (QED) is 0.572. The largest absolute Gasteiger partial charge is 0.289 e. The number of aromatic nitrogens is 3. The first-order valence-corrected chi connectivity index (χ1v) is 7.20. The van der Waals surface area contributed by atoms with Crippen LogP contribution in [0.15, 0.2) is 60.0 Å². The fourth-order valence-corrected chi connectivity index (χ4v) is 2.04. The molecule has 0 atom stereocenters. The summed E-state index contributed by atoms with van der Waals surface area (Å²) in [5, 5.41) is 10.7. The Hall–Kier alpha value is -3.35. The average Bonchev–Trinajstić information content (AvgIpc) is 3.11. The molecule has 2 aromatic heterocycles. The van der Waals surface area contributed by atoms with E-state index in [1.807, 2.05) is 6.07 Å². The minimum absolute atomic E-state index is 0.261. The number of carbonyl (C=O) groups excluding carboxylic acids is 1. The number of hydrazone groups is 1. The molecular formula is C17H14FN5O. The topological polar surface area (TPSA) is 83.0 Å². The number of H-pyrrole nitrogens is 1. The number of hydrogen-bond acceptors (Lipinski definition) is 4. The van der Waals surface area contributed by atoms with E-state index in [1.54, 1.807) is 43.6 Å². The first-order valence-electron chi connectivity index (χ1n) is 7.20. The average molecular weight is 323 g/mol. The maximum absolute atomic E-state index is 12.9. The van der Waals surface area contributed by atoms with Crippen LogP contribution in [0, 0.1) is 5.82 Å². The second kappa shape index (κ2) is 6.82. The van der Waals surface area contributed by atoms with Crippen LogP contribution in [0.1, 0.15) is 23.0 Å². The van der Waals surface area contributed by atoms with Crippen molar-refractivity contribution in [1.29, 1.82) is 0 Å². The highest BCUT2D eigenvalue weighted by molar-refractivity contribution is 6.00. The summed E-state index contributed by atoms with van der Waals surface area (Å²) in [6, 6.07) is 11.1. The fourth-order valence-electron chi connectivity index (χ4n) is 2.04. The van der Waals surface area contributed by atoms with Gasteiger partial charge in [0, 0.05) is 23.5 Å². The molecule has 24 heavy (non-hydrogen) atoms. The summed E-state index contributed by atoms with van der Waals surface area (Å²) in [5.41, 5.74) is 5.43. The van der Waals surface area contributed by atoms with Gasteiger partial charge in [-0.1, -0.05) is 6.07 Å². The van der Waals surface area contributed by atoms with Crippen LogP contribution in [0.3, 0.4) is 0 Å². The zero-order valence-corrected chi connectivity index (χ0v) is 12.8. The first-order chi connectivity index (χ1) is 11.6. The summed E-state index contributed by atoms with van der Waals surface area (Å²) in [6.07, 6.45) is 3.32.